The van der Waals surface area contributed by atoms with Crippen LogP contribution in [0.4, 0.5) is 5.69 Å². The number of β-amino-alcohol motifs (C(OH)–C–C–N with tert-alkyl or cyclic N) is 1. The molecule has 4 nitrogen and oxygen atoms in total. The van der Waals surface area contributed by atoms with Crippen LogP contribution in [0.2, 0.25) is 0 Å². The molecule has 1 heterocycles. The van der Waals surface area contributed by atoms with Crippen molar-refractivity contribution in [2.45, 2.75) is 13.0 Å². The van der Waals surface area contributed by atoms with Gasteiger partial charge in [-0.3, -0.25) is 4.90 Å². The molecule has 0 radical (unpaired) electrons. The second-order valence-electron chi connectivity index (χ2n) is 4.85. The van der Waals surface area contributed by atoms with Gasteiger partial charge in [0.15, 0.2) is 0 Å². The summed E-state index contributed by atoms with van der Waals surface area (Å²) in [6.45, 7) is 5.66. The van der Waals surface area contributed by atoms with Crippen LogP contribution < -0.4 is 10.6 Å². The Morgan fingerprint density at radius 1 is 1.21 bits per heavy atom. The van der Waals surface area contributed by atoms with Gasteiger partial charge in [0.2, 0.25) is 0 Å². The van der Waals surface area contributed by atoms with E-state index in [9.17, 15) is 0 Å². The Morgan fingerprint density at radius 2 is 2.05 bits per heavy atom. The molecule has 3 N–H and O–H groups in total. The number of halogens is 1. The fraction of sp³-hybridized carbons (Fsp3) is 0.571. The molecule has 0 aromatic heterocycles. The summed E-state index contributed by atoms with van der Waals surface area (Å²) in [4.78, 5) is 4.73. The molecule has 0 aliphatic carbocycles. The minimum atomic E-state index is 0.241. The number of hydrogen-bond acceptors (Lipinski definition) is 4. The van der Waals surface area contributed by atoms with Gasteiger partial charge in [-0.2, -0.15) is 0 Å². The maximum Gasteiger partial charge on any atom is 0.0558 e. The van der Waals surface area contributed by atoms with Crippen LogP contribution >= 0.6 is 15.9 Å². The van der Waals surface area contributed by atoms with Gasteiger partial charge < -0.3 is 15.7 Å². The van der Waals surface area contributed by atoms with Crippen molar-refractivity contribution in [2.24, 2.45) is 5.73 Å². The van der Waals surface area contributed by atoms with Gasteiger partial charge in [-0.1, -0.05) is 22.0 Å². The molecule has 1 saturated heterocycles. The predicted molar refractivity (Wildman–Crippen MR) is 82.4 cm³/mol. The maximum atomic E-state index is 9.03. The molecule has 0 atom stereocenters. The molecule has 1 aliphatic heterocycles. The van der Waals surface area contributed by atoms with Crippen LogP contribution in [0.5, 0.6) is 0 Å². The van der Waals surface area contributed by atoms with E-state index in [1.807, 2.05) is 6.07 Å². The van der Waals surface area contributed by atoms with Crippen molar-refractivity contribution in [2.75, 3.05) is 44.2 Å². The van der Waals surface area contributed by atoms with Crippen LogP contribution in [-0.4, -0.2) is 49.3 Å². The highest BCUT2D eigenvalue weighted by molar-refractivity contribution is 9.10. The summed E-state index contributed by atoms with van der Waals surface area (Å²) in [6.07, 6.45) is 1.12. The number of hydrogen-bond donors (Lipinski definition) is 2. The molecule has 5 heteroatoms. The standard InChI is InChI=1S/C14H22BrN3O/c15-13-3-1-4-14(12(13)11-16)18-6-2-5-17(7-8-18)9-10-19/h1,3-4,19H,2,5-11,16H2. The molecule has 1 aromatic carbocycles. The monoisotopic (exact) mass is 327 g/mol. The second kappa shape index (κ2) is 7.24. The summed E-state index contributed by atoms with van der Waals surface area (Å²) in [5.41, 5.74) is 8.29. The lowest BCUT2D eigenvalue weighted by atomic mass is 10.1. The number of nitrogens with zero attached hydrogens (tertiary/aromatic N) is 2. The van der Waals surface area contributed by atoms with Crippen molar-refractivity contribution in [3.63, 3.8) is 0 Å². The summed E-state index contributed by atoms with van der Waals surface area (Å²) in [5, 5.41) is 9.03. The van der Waals surface area contributed by atoms with Crippen LogP contribution in [-0.2, 0) is 6.54 Å². The third-order valence-corrected chi connectivity index (χ3v) is 4.39. The smallest absolute Gasteiger partial charge is 0.0558 e. The van der Waals surface area contributed by atoms with Crippen molar-refractivity contribution in [3.05, 3.63) is 28.2 Å². The molecule has 106 valence electrons. The summed E-state index contributed by atoms with van der Waals surface area (Å²) in [7, 11) is 0. The lowest BCUT2D eigenvalue weighted by molar-refractivity contribution is 0.204. The van der Waals surface area contributed by atoms with Crippen LogP contribution in [0, 0.1) is 0 Å². The highest BCUT2D eigenvalue weighted by atomic mass is 79.9. The number of nitrogens with two attached hydrogens (primary N) is 1. The molecule has 0 amide bonds. The molecule has 0 saturated carbocycles. The van der Waals surface area contributed by atoms with Gasteiger partial charge in [-0.25, -0.2) is 0 Å². The van der Waals surface area contributed by atoms with Crippen LogP contribution in [0.25, 0.3) is 0 Å². The number of aliphatic hydroxyl groups excluding tert-OH is 1. The van der Waals surface area contributed by atoms with E-state index in [-0.39, 0.29) is 6.61 Å². The predicted octanol–water partition coefficient (Wildman–Crippen LogP) is 1.41. The Kier molecular flexibility index (Phi) is 5.63. The normalized spacial score (nSPS) is 17.5. The Hall–Kier alpha value is -0.620. The number of benzene rings is 1. The summed E-state index contributed by atoms with van der Waals surface area (Å²) in [6, 6.07) is 6.26. The van der Waals surface area contributed by atoms with Gasteiger partial charge in [0.25, 0.3) is 0 Å². The molecular weight excluding hydrogens is 306 g/mol. The fourth-order valence-corrected chi connectivity index (χ4v) is 3.14. The Balaban J connectivity index is 2.12. The first-order valence-corrected chi connectivity index (χ1v) is 7.61. The average Bonchev–Trinajstić information content (AvgIpc) is 2.64. The van der Waals surface area contributed by atoms with Crippen LogP contribution in [0.15, 0.2) is 22.7 Å². The van der Waals surface area contributed by atoms with Crippen LogP contribution in [0.3, 0.4) is 0 Å². The van der Waals surface area contributed by atoms with Crippen LogP contribution in [0.1, 0.15) is 12.0 Å². The van der Waals surface area contributed by atoms with E-state index in [1.54, 1.807) is 0 Å². The van der Waals surface area contributed by atoms with Crippen molar-refractivity contribution in [3.8, 4) is 0 Å². The summed E-state index contributed by atoms with van der Waals surface area (Å²) >= 11 is 3.58. The number of anilines is 1. The largest absolute Gasteiger partial charge is 0.395 e. The molecular formula is C14H22BrN3O. The molecule has 2 rings (SSSR count). The van der Waals surface area contributed by atoms with Gasteiger partial charge in [0, 0.05) is 48.4 Å². The third-order valence-electron chi connectivity index (χ3n) is 3.64. The van der Waals surface area contributed by atoms with Gasteiger partial charge >= 0.3 is 0 Å². The first kappa shape index (κ1) is 14.8. The molecule has 1 fully saturated rings. The lowest BCUT2D eigenvalue weighted by Gasteiger charge is -2.26. The van der Waals surface area contributed by atoms with Crippen molar-refractivity contribution < 1.29 is 5.11 Å². The first-order valence-electron chi connectivity index (χ1n) is 6.82. The van der Waals surface area contributed by atoms with E-state index in [0.717, 1.165) is 43.6 Å². The van der Waals surface area contributed by atoms with E-state index in [0.29, 0.717) is 6.54 Å². The highest BCUT2D eigenvalue weighted by Gasteiger charge is 2.17. The SMILES string of the molecule is NCc1c(Br)cccc1N1CCCN(CCO)CC1. The second-order valence-corrected chi connectivity index (χ2v) is 5.70. The third kappa shape index (κ3) is 3.69. The molecule has 0 spiro atoms. The number of rotatable bonds is 4. The molecule has 19 heavy (non-hydrogen) atoms. The van der Waals surface area contributed by atoms with E-state index < -0.39 is 0 Å². The van der Waals surface area contributed by atoms with Crippen molar-refractivity contribution in [1.82, 2.24) is 4.90 Å². The summed E-state index contributed by atoms with van der Waals surface area (Å²) < 4.78 is 1.09. The average molecular weight is 328 g/mol. The minimum absolute atomic E-state index is 0.241. The Morgan fingerprint density at radius 3 is 2.79 bits per heavy atom. The van der Waals surface area contributed by atoms with Crippen molar-refractivity contribution >= 4 is 21.6 Å². The quantitative estimate of drug-likeness (QED) is 0.878. The zero-order chi connectivity index (χ0) is 13.7. The molecule has 1 aliphatic rings. The van der Waals surface area contributed by atoms with Crippen molar-refractivity contribution in [1.29, 1.82) is 0 Å². The van der Waals surface area contributed by atoms with E-state index >= 15 is 0 Å². The number of aliphatic hydroxyl groups is 1. The van der Waals surface area contributed by atoms with Gasteiger partial charge in [-0.05, 0) is 25.1 Å². The lowest BCUT2D eigenvalue weighted by Crippen LogP contribution is -2.32. The van der Waals surface area contributed by atoms with E-state index in [1.165, 1.54) is 11.3 Å². The highest BCUT2D eigenvalue weighted by Crippen LogP contribution is 2.28. The maximum absolute atomic E-state index is 9.03. The summed E-state index contributed by atoms with van der Waals surface area (Å²) in [5.74, 6) is 0. The minimum Gasteiger partial charge on any atom is -0.395 e. The zero-order valence-electron chi connectivity index (χ0n) is 11.2. The first-order chi connectivity index (χ1) is 9.26. The molecule has 0 bridgehead atoms. The van der Waals surface area contributed by atoms with E-state index in [4.69, 9.17) is 10.8 Å². The molecule has 1 aromatic rings. The van der Waals surface area contributed by atoms with Gasteiger partial charge in [-0.15, -0.1) is 0 Å². The zero-order valence-corrected chi connectivity index (χ0v) is 12.8. The van der Waals surface area contributed by atoms with Gasteiger partial charge in [0.1, 0.15) is 0 Å². The Bertz CT molecular complexity index is 414. The van der Waals surface area contributed by atoms with E-state index in [2.05, 4.69) is 37.9 Å². The fourth-order valence-electron chi connectivity index (χ4n) is 2.62. The van der Waals surface area contributed by atoms with Gasteiger partial charge in [0.05, 0.1) is 6.61 Å². The Labute approximate surface area is 123 Å². The molecule has 0 unspecified atom stereocenters. The topological polar surface area (TPSA) is 52.7 Å².